The largest absolute Gasteiger partial charge is 0.489 e. The van der Waals surface area contributed by atoms with Gasteiger partial charge >= 0.3 is 0 Å². The number of aromatic nitrogens is 1. The third-order valence-electron chi connectivity index (χ3n) is 3.21. The second-order valence-electron chi connectivity index (χ2n) is 4.76. The number of ether oxygens (including phenoxy) is 1. The lowest BCUT2D eigenvalue weighted by atomic mass is 10.1. The molecular formula is C17H14ClNO. The zero-order valence-corrected chi connectivity index (χ0v) is 11.9. The van der Waals surface area contributed by atoms with Crippen LogP contribution < -0.4 is 4.74 Å². The first-order chi connectivity index (χ1) is 9.72. The van der Waals surface area contributed by atoms with Crippen molar-refractivity contribution >= 4 is 22.4 Å². The van der Waals surface area contributed by atoms with Gasteiger partial charge in [-0.3, -0.25) is 0 Å². The molecule has 0 aliphatic heterocycles. The summed E-state index contributed by atoms with van der Waals surface area (Å²) in [6.07, 6.45) is 1.70. The third-order valence-corrected chi connectivity index (χ3v) is 3.51. The monoisotopic (exact) mass is 283 g/mol. The zero-order valence-electron chi connectivity index (χ0n) is 11.1. The van der Waals surface area contributed by atoms with Crippen molar-refractivity contribution in [1.29, 1.82) is 0 Å². The molecule has 100 valence electrons. The maximum atomic E-state index is 6.05. The van der Waals surface area contributed by atoms with E-state index in [1.54, 1.807) is 6.20 Å². The Labute approximate surface area is 123 Å². The van der Waals surface area contributed by atoms with E-state index in [4.69, 9.17) is 16.3 Å². The second-order valence-corrected chi connectivity index (χ2v) is 5.12. The van der Waals surface area contributed by atoms with Crippen LogP contribution in [0.25, 0.3) is 10.8 Å². The molecule has 1 aromatic heterocycles. The van der Waals surface area contributed by atoms with E-state index in [0.29, 0.717) is 11.8 Å². The zero-order chi connectivity index (χ0) is 13.9. The van der Waals surface area contributed by atoms with E-state index in [1.165, 1.54) is 5.56 Å². The lowest BCUT2D eigenvalue weighted by molar-refractivity contribution is 0.306. The van der Waals surface area contributed by atoms with Gasteiger partial charge in [0.25, 0.3) is 0 Å². The minimum Gasteiger partial charge on any atom is -0.489 e. The molecule has 0 aliphatic carbocycles. The molecule has 0 fully saturated rings. The molecule has 0 saturated carbocycles. The van der Waals surface area contributed by atoms with E-state index in [0.717, 1.165) is 22.1 Å². The van der Waals surface area contributed by atoms with Gasteiger partial charge in [0.2, 0.25) is 0 Å². The number of nitrogens with zero attached hydrogens (tertiary/aromatic N) is 1. The van der Waals surface area contributed by atoms with Crippen LogP contribution in [0.4, 0.5) is 0 Å². The standard InChI is InChI=1S/C17H14ClNO/c1-12-2-4-13(5-3-12)11-20-15-6-7-16-14(10-15)8-9-19-17(16)18/h2-10H,11H2,1H3. The topological polar surface area (TPSA) is 22.1 Å². The number of benzene rings is 2. The van der Waals surface area contributed by atoms with Gasteiger partial charge in [-0.05, 0) is 42.1 Å². The van der Waals surface area contributed by atoms with Crippen molar-refractivity contribution in [2.75, 3.05) is 0 Å². The van der Waals surface area contributed by atoms with Crippen LogP contribution in [0.5, 0.6) is 5.75 Å². The number of pyridine rings is 1. The van der Waals surface area contributed by atoms with Crippen LogP contribution in [0.1, 0.15) is 11.1 Å². The lowest BCUT2D eigenvalue weighted by Crippen LogP contribution is -1.95. The molecule has 3 rings (SSSR count). The molecule has 3 heteroatoms. The molecule has 2 nitrogen and oxygen atoms in total. The Morgan fingerprint density at radius 3 is 2.65 bits per heavy atom. The Balaban J connectivity index is 1.79. The van der Waals surface area contributed by atoms with Gasteiger partial charge in [0.15, 0.2) is 0 Å². The molecule has 20 heavy (non-hydrogen) atoms. The quantitative estimate of drug-likeness (QED) is 0.646. The lowest BCUT2D eigenvalue weighted by Gasteiger charge is -2.08. The summed E-state index contributed by atoms with van der Waals surface area (Å²) in [6.45, 7) is 2.64. The van der Waals surface area contributed by atoms with Crippen LogP contribution in [0.3, 0.4) is 0 Å². The van der Waals surface area contributed by atoms with Crippen LogP contribution in [0, 0.1) is 6.92 Å². The minimum atomic E-state index is 0.521. The van der Waals surface area contributed by atoms with Gasteiger partial charge < -0.3 is 4.74 Å². The number of halogens is 1. The summed E-state index contributed by atoms with van der Waals surface area (Å²) < 4.78 is 5.82. The fourth-order valence-corrected chi connectivity index (χ4v) is 2.29. The van der Waals surface area contributed by atoms with Gasteiger partial charge in [-0.2, -0.15) is 0 Å². The van der Waals surface area contributed by atoms with Crippen molar-refractivity contribution in [2.24, 2.45) is 0 Å². The SMILES string of the molecule is Cc1ccc(COc2ccc3c(Cl)nccc3c2)cc1. The summed E-state index contributed by atoms with van der Waals surface area (Å²) in [5.41, 5.74) is 2.41. The smallest absolute Gasteiger partial charge is 0.136 e. The summed E-state index contributed by atoms with van der Waals surface area (Å²) in [4.78, 5) is 4.06. The molecule has 0 N–H and O–H groups in total. The number of hydrogen-bond donors (Lipinski definition) is 0. The Morgan fingerprint density at radius 2 is 1.85 bits per heavy atom. The maximum Gasteiger partial charge on any atom is 0.136 e. The van der Waals surface area contributed by atoms with Crippen LogP contribution >= 0.6 is 11.6 Å². The van der Waals surface area contributed by atoms with Gasteiger partial charge in [0, 0.05) is 11.6 Å². The van der Waals surface area contributed by atoms with E-state index in [9.17, 15) is 0 Å². The van der Waals surface area contributed by atoms with Crippen LogP contribution in [0.15, 0.2) is 54.7 Å². The Morgan fingerprint density at radius 1 is 1.05 bits per heavy atom. The average Bonchev–Trinajstić information content (AvgIpc) is 2.47. The fourth-order valence-electron chi connectivity index (χ4n) is 2.06. The molecule has 1 heterocycles. The van der Waals surface area contributed by atoms with Gasteiger partial charge in [-0.15, -0.1) is 0 Å². The van der Waals surface area contributed by atoms with E-state index in [1.807, 2.05) is 24.3 Å². The first-order valence-corrected chi connectivity index (χ1v) is 6.83. The highest BCUT2D eigenvalue weighted by Gasteiger charge is 2.02. The molecule has 0 saturated heterocycles. The van der Waals surface area contributed by atoms with Gasteiger partial charge in [0.05, 0.1) is 0 Å². The third kappa shape index (κ3) is 2.75. The Bertz CT molecular complexity index is 738. The van der Waals surface area contributed by atoms with Crippen LogP contribution in [0.2, 0.25) is 5.15 Å². The molecule has 2 aromatic carbocycles. The Kier molecular flexibility index (Phi) is 3.57. The molecule has 0 aliphatic rings. The molecule has 0 radical (unpaired) electrons. The molecule has 0 atom stereocenters. The highest BCUT2D eigenvalue weighted by atomic mass is 35.5. The van der Waals surface area contributed by atoms with E-state index in [2.05, 4.69) is 36.2 Å². The highest BCUT2D eigenvalue weighted by Crippen LogP contribution is 2.25. The van der Waals surface area contributed by atoms with E-state index < -0.39 is 0 Å². The second kappa shape index (κ2) is 5.51. The van der Waals surface area contributed by atoms with Crippen molar-refractivity contribution in [3.05, 3.63) is 71.0 Å². The summed E-state index contributed by atoms with van der Waals surface area (Å²) >= 11 is 6.05. The predicted molar refractivity (Wildman–Crippen MR) is 82.3 cm³/mol. The number of fused-ring (bicyclic) bond motifs is 1. The van der Waals surface area contributed by atoms with Crippen molar-refractivity contribution in [3.63, 3.8) is 0 Å². The fraction of sp³-hybridized carbons (Fsp3) is 0.118. The average molecular weight is 284 g/mol. The summed E-state index contributed by atoms with van der Waals surface area (Å²) in [5.74, 6) is 0.834. The van der Waals surface area contributed by atoms with Gasteiger partial charge in [-0.1, -0.05) is 41.4 Å². The van der Waals surface area contributed by atoms with Crippen LogP contribution in [-0.2, 0) is 6.61 Å². The highest BCUT2D eigenvalue weighted by molar-refractivity contribution is 6.34. The molecule has 0 unspecified atom stereocenters. The molecule has 0 amide bonds. The summed E-state index contributed by atoms with van der Waals surface area (Å²) in [5, 5.41) is 2.50. The van der Waals surface area contributed by atoms with Crippen molar-refractivity contribution < 1.29 is 4.74 Å². The van der Waals surface area contributed by atoms with Gasteiger partial charge in [0.1, 0.15) is 17.5 Å². The summed E-state index contributed by atoms with van der Waals surface area (Å²) in [6, 6.07) is 16.1. The molecule has 3 aromatic rings. The van der Waals surface area contributed by atoms with E-state index in [-0.39, 0.29) is 0 Å². The normalized spacial score (nSPS) is 10.7. The first-order valence-electron chi connectivity index (χ1n) is 6.45. The molecule has 0 bridgehead atoms. The van der Waals surface area contributed by atoms with Crippen molar-refractivity contribution in [2.45, 2.75) is 13.5 Å². The summed E-state index contributed by atoms with van der Waals surface area (Å²) in [7, 11) is 0. The molecular weight excluding hydrogens is 270 g/mol. The number of hydrogen-bond acceptors (Lipinski definition) is 2. The minimum absolute atomic E-state index is 0.521. The number of aryl methyl sites for hydroxylation is 1. The van der Waals surface area contributed by atoms with Gasteiger partial charge in [-0.25, -0.2) is 4.98 Å². The van der Waals surface area contributed by atoms with Crippen molar-refractivity contribution in [1.82, 2.24) is 4.98 Å². The Hall–Kier alpha value is -2.06. The molecule has 0 spiro atoms. The maximum absolute atomic E-state index is 6.05. The predicted octanol–water partition coefficient (Wildman–Crippen LogP) is 4.78. The van der Waals surface area contributed by atoms with E-state index >= 15 is 0 Å². The van der Waals surface area contributed by atoms with Crippen LogP contribution in [-0.4, -0.2) is 4.98 Å². The van der Waals surface area contributed by atoms with Crippen molar-refractivity contribution in [3.8, 4) is 5.75 Å². The first kappa shape index (κ1) is 12.9. The number of rotatable bonds is 3.